The Morgan fingerprint density at radius 1 is 1.43 bits per heavy atom. The highest BCUT2D eigenvalue weighted by Crippen LogP contribution is 2.42. The predicted molar refractivity (Wildman–Crippen MR) is 91.0 cm³/mol. The molecule has 1 aromatic heterocycles. The summed E-state index contributed by atoms with van der Waals surface area (Å²) in [6.45, 7) is 5.80. The molecule has 130 valence electrons. The van der Waals surface area contributed by atoms with Crippen LogP contribution in [0.1, 0.15) is 27.0 Å². The van der Waals surface area contributed by atoms with Gasteiger partial charge in [-0.05, 0) is 6.07 Å². The van der Waals surface area contributed by atoms with Crippen LogP contribution in [0.25, 0.3) is 0 Å². The van der Waals surface area contributed by atoms with Gasteiger partial charge in [0.1, 0.15) is 11.9 Å². The van der Waals surface area contributed by atoms with Crippen LogP contribution in [0.3, 0.4) is 0 Å². The van der Waals surface area contributed by atoms with Gasteiger partial charge in [-0.1, -0.05) is 20.8 Å². The molecule has 2 N–H and O–H groups in total. The molecule has 2 heterocycles. The van der Waals surface area contributed by atoms with Crippen molar-refractivity contribution in [3.8, 4) is 0 Å². The number of anilines is 1. The molecule has 23 heavy (non-hydrogen) atoms. The average Bonchev–Trinajstić information content (AvgIpc) is 2.74. The Bertz CT molecular complexity index is 599. The predicted octanol–water partition coefficient (Wildman–Crippen LogP) is 0.460. The van der Waals surface area contributed by atoms with Gasteiger partial charge in [0.15, 0.2) is 6.23 Å². The van der Waals surface area contributed by atoms with Crippen molar-refractivity contribution in [2.45, 2.75) is 49.2 Å². The molecule has 4 atom stereocenters. The fourth-order valence-electron chi connectivity index (χ4n) is 2.47. The second-order valence-corrected chi connectivity index (χ2v) is 8.81. The van der Waals surface area contributed by atoms with Gasteiger partial charge in [-0.25, -0.2) is 4.79 Å². The van der Waals surface area contributed by atoms with Crippen molar-refractivity contribution >= 4 is 17.6 Å². The Morgan fingerprint density at radius 2 is 2.09 bits per heavy atom. The van der Waals surface area contributed by atoms with Gasteiger partial charge in [-0.3, -0.25) is 4.57 Å². The van der Waals surface area contributed by atoms with Gasteiger partial charge in [0, 0.05) is 25.0 Å². The lowest BCUT2D eigenvalue weighted by atomic mass is 10.2. The Morgan fingerprint density at radius 3 is 2.57 bits per heavy atom. The van der Waals surface area contributed by atoms with E-state index in [9.17, 15) is 15.0 Å². The number of aromatic nitrogens is 2. The zero-order valence-electron chi connectivity index (χ0n) is 14.1. The molecule has 7 nitrogen and oxygen atoms in total. The molecule has 0 aliphatic carbocycles. The van der Waals surface area contributed by atoms with Crippen molar-refractivity contribution in [3.05, 3.63) is 22.7 Å². The maximum atomic E-state index is 12.3. The number of rotatable bonds is 4. The van der Waals surface area contributed by atoms with Gasteiger partial charge in [0.05, 0.1) is 18.0 Å². The van der Waals surface area contributed by atoms with E-state index in [1.807, 2.05) is 34.9 Å². The van der Waals surface area contributed by atoms with E-state index >= 15 is 0 Å². The molecule has 1 fully saturated rings. The van der Waals surface area contributed by atoms with Gasteiger partial charge in [0.2, 0.25) is 0 Å². The summed E-state index contributed by atoms with van der Waals surface area (Å²) in [4.78, 5) is 18.1. The third-order valence-electron chi connectivity index (χ3n) is 3.53. The lowest BCUT2D eigenvalue weighted by Gasteiger charge is -2.28. The summed E-state index contributed by atoms with van der Waals surface area (Å²) in [7, 11) is 3.62. The maximum absolute atomic E-state index is 12.3. The van der Waals surface area contributed by atoms with Crippen molar-refractivity contribution < 1.29 is 14.9 Å². The molecule has 0 saturated carbocycles. The Balaban J connectivity index is 2.37. The molecule has 1 saturated heterocycles. The summed E-state index contributed by atoms with van der Waals surface area (Å²) < 4.78 is 6.99. The number of hydrogen-bond acceptors (Lipinski definition) is 7. The smallest absolute Gasteiger partial charge is 0.351 e. The Kier molecular flexibility index (Phi) is 5.40. The normalized spacial score (nSPS) is 28.1. The largest absolute Gasteiger partial charge is 0.394 e. The average molecular weight is 343 g/mol. The first-order valence-electron chi connectivity index (χ1n) is 7.53. The molecule has 2 rings (SSSR count). The zero-order chi connectivity index (χ0) is 17.4. The second kappa shape index (κ2) is 6.80. The SMILES string of the molecule is CN(C)c1ccn([C@H]2O[C@@H](CO)[C@H](O)[C@@H]2SC(C)(C)C)c(=O)n1. The lowest BCUT2D eigenvalue weighted by molar-refractivity contribution is -0.0456. The molecule has 8 heteroatoms. The maximum Gasteiger partial charge on any atom is 0.351 e. The van der Waals surface area contributed by atoms with E-state index in [1.54, 1.807) is 17.2 Å². The first-order valence-corrected chi connectivity index (χ1v) is 8.40. The van der Waals surface area contributed by atoms with Gasteiger partial charge in [-0.15, -0.1) is 11.8 Å². The third kappa shape index (κ3) is 4.06. The first-order chi connectivity index (χ1) is 10.6. The summed E-state index contributed by atoms with van der Waals surface area (Å²) in [5.41, 5.74) is -0.438. The van der Waals surface area contributed by atoms with Crippen molar-refractivity contribution in [2.24, 2.45) is 0 Å². The van der Waals surface area contributed by atoms with E-state index < -0.39 is 24.1 Å². The first kappa shape index (κ1) is 18.3. The minimum atomic E-state index is -0.852. The van der Waals surface area contributed by atoms with Crippen LogP contribution < -0.4 is 10.6 Å². The number of aliphatic hydroxyl groups is 2. The molecule has 0 bridgehead atoms. The summed E-state index contributed by atoms with van der Waals surface area (Å²) in [6.07, 6.45) is -0.601. The molecule has 1 aliphatic heterocycles. The fraction of sp³-hybridized carbons (Fsp3) is 0.733. The van der Waals surface area contributed by atoms with E-state index in [0.717, 1.165) is 0 Å². The number of ether oxygens (including phenoxy) is 1. The van der Waals surface area contributed by atoms with Gasteiger partial charge < -0.3 is 19.8 Å². The molecule has 0 radical (unpaired) electrons. The van der Waals surface area contributed by atoms with Crippen molar-refractivity contribution in [1.82, 2.24) is 9.55 Å². The van der Waals surface area contributed by atoms with Crippen LogP contribution in [0.15, 0.2) is 17.1 Å². The monoisotopic (exact) mass is 343 g/mol. The Labute approximate surface area is 140 Å². The quantitative estimate of drug-likeness (QED) is 0.821. The molecule has 0 unspecified atom stereocenters. The van der Waals surface area contributed by atoms with Gasteiger partial charge in [-0.2, -0.15) is 4.98 Å². The molecule has 1 aliphatic rings. The van der Waals surface area contributed by atoms with Crippen LogP contribution in [0, 0.1) is 0 Å². The van der Waals surface area contributed by atoms with E-state index in [4.69, 9.17) is 4.74 Å². The second-order valence-electron chi connectivity index (χ2n) is 6.80. The van der Waals surface area contributed by atoms with E-state index in [0.29, 0.717) is 5.82 Å². The molecular weight excluding hydrogens is 318 g/mol. The van der Waals surface area contributed by atoms with Crippen LogP contribution >= 0.6 is 11.8 Å². The molecule has 0 aromatic carbocycles. The lowest BCUT2D eigenvalue weighted by Crippen LogP contribution is -2.36. The standard InChI is InChI=1S/C15H25N3O4S/c1-15(2,3)23-12-11(20)9(8-19)22-13(12)18-7-6-10(17(4)5)16-14(18)21/h6-7,9,11-13,19-20H,8H2,1-5H3/t9-,11-,12-,13-/m0/s1. The van der Waals surface area contributed by atoms with Gasteiger partial charge >= 0.3 is 5.69 Å². The van der Waals surface area contributed by atoms with Crippen LogP contribution in [-0.4, -0.2) is 62.7 Å². The van der Waals surface area contributed by atoms with Crippen molar-refractivity contribution in [1.29, 1.82) is 0 Å². The molecule has 1 aromatic rings. The number of nitrogens with zero attached hydrogens (tertiary/aromatic N) is 3. The van der Waals surface area contributed by atoms with E-state index in [2.05, 4.69) is 4.98 Å². The highest BCUT2D eigenvalue weighted by Gasteiger charge is 2.46. The summed E-state index contributed by atoms with van der Waals surface area (Å²) in [5, 5.41) is 19.5. The number of thioether (sulfide) groups is 1. The molecular formula is C15H25N3O4S. The van der Waals surface area contributed by atoms with Gasteiger partial charge in [0.25, 0.3) is 0 Å². The highest BCUT2D eigenvalue weighted by molar-refractivity contribution is 8.01. The zero-order valence-corrected chi connectivity index (χ0v) is 14.9. The third-order valence-corrected chi connectivity index (χ3v) is 5.02. The molecule has 0 amide bonds. The van der Waals surface area contributed by atoms with Crippen LogP contribution in [-0.2, 0) is 4.74 Å². The minimum absolute atomic E-state index is 0.127. The van der Waals surface area contributed by atoms with E-state index in [-0.39, 0.29) is 16.6 Å². The fourth-order valence-corrected chi connectivity index (χ4v) is 3.92. The van der Waals surface area contributed by atoms with Crippen LogP contribution in [0.4, 0.5) is 5.82 Å². The van der Waals surface area contributed by atoms with Crippen LogP contribution in [0.2, 0.25) is 0 Å². The Hall–Kier alpha value is -1.09. The van der Waals surface area contributed by atoms with Crippen molar-refractivity contribution in [2.75, 3.05) is 25.6 Å². The summed E-state index contributed by atoms with van der Waals surface area (Å²) in [5.74, 6) is 0.559. The number of hydrogen-bond donors (Lipinski definition) is 2. The van der Waals surface area contributed by atoms with Crippen molar-refractivity contribution in [3.63, 3.8) is 0 Å². The topological polar surface area (TPSA) is 87.8 Å². The summed E-state index contributed by atoms with van der Waals surface area (Å²) in [6, 6.07) is 1.72. The molecule has 0 spiro atoms. The summed E-state index contributed by atoms with van der Waals surface area (Å²) >= 11 is 1.53. The number of aliphatic hydroxyl groups excluding tert-OH is 2. The van der Waals surface area contributed by atoms with E-state index in [1.165, 1.54) is 16.3 Å². The van der Waals surface area contributed by atoms with Crippen LogP contribution in [0.5, 0.6) is 0 Å². The minimum Gasteiger partial charge on any atom is -0.394 e. The highest BCUT2D eigenvalue weighted by atomic mass is 32.2.